The fraction of sp³-hybridized carbons (Fsp3) is 0.583. The molecule has 86 valence electrons. The molecule has 1 saturated heterocycles. The number of oxime groups is 1. The van der Waals surface area contributed by atoms with E-state index in [4.69, 9.17) is 9.57 Å². The van der Waals surface area contributed by atoms with Crippen LogP contribution in [-0.2, 0) is 16.0 Å². The van der Waals surface area contributed by atoms with Gasteiger partial charge in [-0.1, -0.05) is 5.16 Å². The third-order valence-electron chi connectivity index (χ3n) is 2.96. The number of hydrogen-bond donors (Lipinski definition) is 0. The molecule has 2 aliphatic rings. The number of fused-ring (bicyclic) bond motifs is 1. The van der Waals surface area contributed by atoms with Crippen LogP contribution in [0.15, 0.2) is 16.6 Å². The van der Waals surface area contributed by atoms with Gasteiger partial charge < -0.3 is 9.57 Å². The summed E-state index contributed by atoms with van der Waals surface area (Å²) in [7, 11) is 0. The van der Waals surface area contributed by atoms with Crippen LogP contribution in [0.2, 0.25) is 0 Å². The van der Waals surface area contributed by atoms with Crippen molar-refractivity contribution in [1.82, 2.24) is 0 Å². The minimum Gasteiger partial charge on any atom is -0.393 e. The highest BCUT2D eigenvalue weighted by Gasteiger charge is 2.23. The van der Waals surface area contributed by atoms with Gasteiger partial charge in [0.25, 0.3) is 0 Å². The largest absolute Gasteiger partial charge is 0.393 e. The molecule has 2 heterocycles. The Labute approximate surface area is 99.1 Å². The summed E-state index contributed by atoms with van der Waals surface area (Å²) in [5, 5.41) is 6.43. The van der Waals surface area contributed by atoms with E-state index < -0.39 is 0 Å². The Kier molecular flexibility index (Phi) is 2.93. The number of rotatable bonds is 3. The van der Waals surface area contributed by atoms with Crippen LogP contribution in [0, 0.1) is 0 Å². The van der Waals surface area contributed by atoms with Crippen LogP contribution in [0.4, 0.5) is 0 Å². The first-order valence-corrected chi connectivity index (χ1v) is 6.68. The average Bonchev–Trinajstić information content (AvgIpc) is 3.04. The maximum Gasteiger partial charge on any atom is 0.145 e. The Hall–Kier alpha value is -0.870. The van der Waals surface area contributed by atoms with E-state index in [2.05, 4.69) is 16.6 Å². The zero-order chi connectivity index (χ0) is 10.8. The average molecular weight is 237 g/mol. The molecule has 1 atom stereocenters. The first-order valence-electron chi connectivity index (χ1n) is 5.80. The zero-order valence-electron chi connectivity index (χ0n) is 9.15. The Morgan fingerprint density at radius 3 is 3.19 bits per heavy atom. The Bertz CT molecular complexity index is 395. The van der Waals surface area contributed by atoms with Crippen LogP contribution in [0.3, 0.4) is 0 Å². The fourth-order valence-electron chi connectivity index (χ4n) is 1.96. The highest BCUT2D eigenvalue weighted by molar-refractivity contribution is 7.10. The standard InChI is InChI=1S/C12H15NO2S/c1-2-4-12-10(5-6-16-12)11(3-1)13-15-8-9-7-14-9/h5-6,9H,1-4,7-8H2. The van der Waals surface area contributed by atoms with Crippen LogP contribution in [0.25, 0.3) is 0 Å². The van der Waals surface area contributed by atoms with Gasteiger partial charge in [0, 0.05) is 10.4 Å². The van der Waals surface area contributed by atoms with E-state index >= 15 is 0 Å². The molecule has 0 radical (unpaired) electrons. The minimum absolute atomic E-state index is 0.289. The second-order valence-electron chi connectivity index (χ2n) is 4.25. The van der Waals surface area contributed by atoms with Crippen molar-refractivity contribution < 1.29 is 9.57 Å². The van der Waals surface area contributed by atoms with E-state index in [9.17, 15) is 0 Å². The van der Waals surface area contributed by atoms with Gasteiger partial charge in [-0.25, -0.2) is 0 Å². The van der Waals surface area contributed by atoms with Gasteiger partial charge in [-0.2, -0.15) is 0 Å². The second-order valence-corrected chi connectivity index (χ2v) is 5.25. The summed E-state index contributed by atoms with van der Waals surface area (Å²) in [6.45, 7) is 1.43. The van der Waals surface area contributed by atoms with E-state index in [-0.39, 0.29) is 6.10 Å². The van der Waals surface area contributed by atoms with E-state index in [0.717, 1.165) is 18.7 Å². The SMILES string of the molecule is c1cc2c(s1)CCCCC2=NOCC1CO1. The van der Waals surface area contributed by atoms with Gasteiger partial charge in [-0.15, -0.1) is 11.3 Å². The number of thiophene rings is 1. The van der Waals surface area contributed by atoms with Crippen molar-refractivity contribution in [2.45, 2.75) is 31.8 Å². The summed E-state index contributed by atoms with van der Waals surface area (Å²) in [6, 6.07) is 2.17. The molecule has 1 unspecified atom stereocenters. The predicted octanol–water partition coefficient (Wildman–Crippen LogP) is 2.59. The zero-order valence-corrected chi connectivity index (χ0v) is 9.96. The summed E-state index contributed by atoms with van der Waals surface area (Å²) >= 11 is 1.83. The molecule has 1 aromatic heterocycles. The third-order valence-corrected chi connectivity index (χ3v) is 3.94. The number of epoxide rings is 1. The third kappa shape index (κ3) is 2.28. The van der Waals surface area contributed by atoms with Crippen molar-refractivity contribution in [2.75, 3.05) is 13.2 Å². The number of nitrogens with zero attached hydrogens (tertiary/aromatic N) is 1. The second kappa shape index (κ2) is 4.55. The molecule has 0 saturated carbocycles. The predicted molar refractivity (Wildman–Crippen MR) is 64.1 cm³/mol. The van der Waals surface area contributed by atoms with Gasteiger partial charge in [0.15, 0.2) is 0 Å². The Balaban J connectivity index is 1.72. The summed E-state index contributed by atoms with van der Waals surface area (Å²) in [6.07, 6.45) is 4.99. The highest BCUT2D eigenvalue weighted by Crippen LogP contribution is 2.26. The fourth-order valence-corrected chi connectivity index (χ4v) is 2.90. The quantitative estimate of drug-likeness (QED) is 0.460. The van der Waals surface area contributed by atoms with Crippen molar-refractivity contribution >= 4 is 17.0 Å². The number of ether oxygens (including phenoxy) is 1. The molecule has 4 heteroatoms. The Morgan fingerprint density at radius 1 is 1.44 bits per heavy atom. The smallest absolute Gasteiger partial charge is 0.145 e. The van der Waals surface area contributed by atoms with Crippen LogP contribution in [-0.4, -0.2) is 25.0 Å². The lowest BCUT2D eigenvalue weighted by Gasteiger charge is -2.02. The van der Waals surface area contributed by atoms with Crippen molar-refractivity contribution in [3.05, 3.63) is 21.9 Å². The van der Waals surface area contributed by atoms with E-state index in [1.165, 1.54) is 29.7 Å². The summed E-state index contributed by atoms with van der Waals surface area (Å²) in [5.41, 5.74) is 2.42. The van der Waals surface area contributed by atoms with E-state index in [0.29, 0.717) is 6.61 Å². The molecule has 0 bridgehead atoms. The monoisotopic (exact) mass is 237 g/mol. The summed E-state index contributed by atoms with van der Waals surface area (Å²) in [4.78, 5) is 6.81. The van der Waals surface area contributed by atoms with Crippen molar-refractivity contribution in [1.29, 1.82) is 0 Å². The lowest BCUT2D eigenvalue weighted by Crippen LogP contribution is -2.03. The van der Waals surface area contributed by atoms with Crippen LogP contribution >= 0.6 is 11.3 Å². The van der Waals surface area contributed by atoms with Crippen LogP contribution < -0.4 is 0 Å². The number of hydrogen-bond acceptors (Lipinski definition) is 4. The van der Waals surface area contributed by atoms with E-state index in [1.807, 2.05) is 11.3 Å². The minimum atomic E-state index is 0.289. The van der Waals surface area contributed by atoms with Crippen LogP contribution in [0.1, 0.15) is 29.7 Å². The molecule has 16 heavy (non-hydrogen) atoms. The summed E-state index contributed by atoms with van der Waals surface area (Å²) < 4.78 is 5.08. The molecule has 1 aromatic rings. The first-order chi connectivity index (χ1) is 7.93. The maximum atomic E-state index is 5.35. The lowest BCUT2D eigenvalue weighted by molar-refractivity contribution is 0.124. The van der Waals surface area contributed by atoms with Crippen molar-refractivity contribution in [3.63, 3.8) is 0 Å². The topological polar surface area (TPSA) is 34.1 Å². The highest BCUT2D eigenvalue weighted by atomic mass is 32.1. The molecule has 1 aliphatic heterocycles. The van der Waals surface area contributed by atoms with Gasteiger partial charge >= 0.3 is 0 Å². The molecule has 3 nitrogen and oxygen atoms in total. The van der Waals surface area contributed by atoms with E-state index in [1.54, 1.807) is 0 Å². The van der Waals surface area contributed by atoms with Crippen molar-refractivity contribution in [2.24, 2.45) is 5.16 Å². The van der Waals surface area contributed by atoms with Gasteiger partial charge in [-0.05, 0) is 37.1 Å². The molecule has 0 aromatic carbocycles. The summed E-state index contributed by atoms with van der Waals surface area (Å²) in [5.74, 6) is 0. The molecular formula is C12H15NO2S. The van der Waals surface area contributed by atoms with Gasteiger partial charge in [-0.3, -0.25) is 0 Å². The molecule has 1 fully saturated rings. The van der Waals surface area contributed by atoms with Crippen LogP contribution in [0.5, 0.6) is 0 Å². The molecule has 3 rings (SSSR count). The van der Waals surface area contributed by atoms with Crippen molar-refractivity contribution in [3.8, 4) is 0 Å². The number of aryl methyl sites for hydroxylation is 1. The maximum absolute atomic E-state index is 5.35. The van der Waals surface area contributed by atoms with Gasteiger partial charge in [0.2, 0.25) is 0 Å². The lowest BCUT2D eigenvalue weighted by atomic mass is 10.1. The van der Waals surface area contributed by atoms with Gasteiger partial charge in [0.05, 0.1) is 12.3 Å². The molecule has 0 spiro atoms. The normalized spacial score (nSPS) is 26.2. The molecular weight excluding hydrogens is 222 g/mol. The molecule has 0 amide bonds. The first kappa shape index (κ1) is 10.3. The molecule has 1 aliphatic carbocycles. The molecule has 0 N–H and O–H groups in total. The Morgan fingerprint density at radius 2 is 2.31 bits per heavy atom. The van der Waals surface area contributed by atoms with Gasteiger partial charge in [0.1, 0.15) is 12.7 Å².